The summed E-state index contributed by atoms with van der Waals surface area (Å²) in [6.45, 7) is 14.3. The Hall–Kier alpha value is -3.17. The highest BCUT2D eigenvalue weighted by molar-refractivity contribution is 6.00. The molecule has 4 rings (SSSR count). The van der Waals surface area contributed by atoms with Gasteiger partial charge in [0.05, 0.1) is 17.8 Å². The van der Waals surface area contributed by atoms with Crippen LogP contribution in [-0.4, -0.2) is 124 Å². The molecule has 2 aliphatic heterocycles. The minimum Gasteiger partial charge on any atom is -0.459 e. The van der Waals surface area contributed by atoms with Gasteiger partial charge >= 0.3 is 5.97 Å². The van der Waals surface area contributed by atoms with Gasteiger partial charge in [-0.1, -0.05) is 52.0 Å². The van der Waals surface area contributed by atoms with Crippen molar-refractivity contribution in [1.29, 1.82) is 0 Å². The van der Waals surface area contributed by atoms with Gasteiger partial charge in [-0.2, -0.15) is 0 Å². The number of cyclic esters (lactones) is 1. The lowest BCUT2D eigenvalue weighted by Gasteiger charge is -2.47. The molecule has 1 aromatic carbocycles. The van der Waals surface area contributed by atoms with E-state index in [4.69, 9.17) is 18.9 Å². The Bertz CT molecular complexity index is 1590. The summed E-state index contributed by atoms with van der Waals surface area (Å²) >= 11 is 0. The average molecular weight is 783 g/mol. The second kappa shape index (κ2) is 19.5. The first-order chi connectivity index (χ1) is 26.4. The van der Waals surface area contributed by atoms with E-state index in [0.29, 0.717) is 25.2 Å². The van der Waals surface area contributed by atoms with E-state index in [-0.39, 0.29) is 30.8 Å². The Morgan fingerprint density at radius 2 is 1.62 bits per heavy atom. The van der Waals surface area contributed by atoms with Crippen LogP contribution in [0.1, 0.15) is 86.6 Å². The summed E-state index contributed by atoms with van der Waals surface area (Å²) in [5, 5.41) is 27.1. The third-order valence-electron chi connectivity index (χ3n) is 12.1. The van der Waals surface area contributed by atoms with Gasteiger partial charge in [0, 0.05) is 54.9 Å². The highest BCUT2D eigenvalue weighted by atomic mass is 16.7. The van der Waals surface area contributed by atoms with Crippen LogP contribution in [0.3, 0.4) is 0 Å². The topological polar surface area (TPSA) is 170 Å². The summed E-state index contributed by atoms with van der Waals surface area (Å²) in [6, 6.07) is 8.76. The number of nitrogens with one attached hydrogen (secondary N) is 1. The second-order valence-electron chi connectivity index (χ2n) is 16.7. The number of nitrogens with zero attached hydrogens (tertiary/aromatic N) is 3. The van der Waals surface area contributed by atoms with Crippen LogP contribution in [0.25, 0.3) is 11.4 Å². The number of hydrogen-bond acceptors (Lipinski definition) is 13. The van der Waals surface area contributed by atoms with Gasteiger partial charge in [0.25, 0.3) is 0 Å². The first-order valence-corrected chi connectivity index (χ1v) is 20.2. The smallest absolute Gasteiger partial charge is 0.316 e. The number of benzene rings is 1. The monoisotopic (exact) mass is 782 g/mol. The van der Waals surface area contributed by atoms with E-state index >= 15 is 0 Å². The van der Waals surface area contributed by atoms with Gasteiger partial charge in [0.2, 0.25) is 0 Å². The van der Waals surface area contributed by atoms with Crippen molar-refractivity contribution < 1.29 is 43.5 Å². The molecular weight excluding hydrogens is 716 g/mol. The summed E-state index contributed by atoms with van der Waals surface area (Å²) in [4.78, 5) is 53.0. The lowest BCUT2D eigenvalue weighted by molar-refractivity contribution is -0.295. The molecule has 2 saturated heterocycles. The number of ether oxygens (including phenoxy) is 4. The Labute approximate surface area is 333 Å². The highest BCUT2D eigenvalue weighted by Gasteiger charge is 2.52. The fraction of sp³-hybridized carbons (Fsp3) is 0.698. The predicted octanol–water partition coefficient (Wildman–Crippen LogP) is 4.41. The number of likely N-dealkylation sites (N-methyl/N-ethyl adjacent to an activating group) is 1. The van der Waals surface area contributed by atoms with Crippen molar-refractivity contribution in [2.75, 3.05) is 27.7 Å². The quantitative estimate of drug-likeness (QED) is 0.167. The Balaban J connectivity index is 1.62. The molecule has 2 aliphatic rings. The number of carbonyl (C=O) groups excluding carboxylic acids is 3. The first kappa shape index (κ1) is 45.5. The fourth-order valence-corrected chi connectivity index (χ4v) is 8.65. The number of ketones is 2. The van der Waals surface area contributed by atoms with Gasteiger partial charge in [-0.15, -0.1) is 0 Å². The van der Waals surface area contributed by atoms with Crippen LogP contribution < -0.4 is 5.32 Å². The molecule has 0 aliphatic carbocycles. The molecule has 13 nitrogen and oxygen atoms in total. The largest absolute Gasteiger partial charge is 0.459 e. The molecule has 2 fully saturated rings. The maximum absolute atomic E-state index is 14.5. The van der Waals surface area contributed by atoms with Gasteiger partial charge in [-0.25, -0.2) is 9.97 Å². The van der Waals surface area contributed by atoms with Gasteiger partial charge in [0.1, 0.15) is 29.5 Å². The van der Waals surface area contributed by atoms with E-state index in [1.165, 1.54) is 14.0 Å². The molecule has 0 spiro atoms. The molecule has 0 amide bonds. The maximum atomic E-state index is 14.5. The van der Waals surface area contributed by atoms with Crippen molar-refractivity contribution in [2.45, 2.75) is 141 Å². The molecule has 13 atom stereocenters. The van der Waals surface area contributed by atoms with Crippen LogP contribution in [0.4, 0.5) is 0 Å². The fourth-order valence-electron chi connectivity index (χ4n) is 8.65. The summed E-state index contributed by atoms with van der Waals surface area (Å²) < 4.78 is 24.9. The molecule has 0 bridgehead atoms. The number of hydrogen-bond donors (Lipinski definition) is 3. The van der Waals surface area contributed by atoms with E-state index in [1.807, 2.05) is 57.1 Å². The molecule has 13 heteroatoms. The third-order valence-corrected chi connectivity index (χ3v) is 12.1. The summed E-state index contributed by atoms with van der Waals surface area (Å²) in [5.74, 6) is -4.19. The van der Waals surface area contributed by atoms with E-state index < -0.39 is 77.3 Å². The second-order valence-corrected chi connectivity index (χ2v) is 16.7. The molecule has 3 N–H and O–H groups in total. The van der Waals surface area contributed by atoms with Crippen LogP contribution in [0, 0.1) is 23.7 Å². The average Bonchev–Trinajstić information content (AvgIpc) is 3.18. The minimum absolute atomic E-state index is 0.135. The zero-order valence-corrected chi connectivity index (χ0v) is 35.2. The molecule has 0 saturated carbocycles. The number of aromatic nitrogens is 2. The number of Topliss-reactive ketones (excluding diaryl/α,β-unsaturated/α-hetero) is 2. The molecule has 2 aromatic rings. The van der Waals surface area contributed by atoms with Gasteiger partial charge in [-0.3, -0.25) is 14.4 Å². The van der Waals surface area contributed by atoms with E-state index in [1.54, 1.807) is 53.1 Å². The molecular formula is C43H66N4O9. The number of aryl methyl sites for hydroxylation is 1. The van der Waals surface area contributed by atoms with Crippen molar-refractivity contribution in [3.8, 4) is 11.4 Å². The Morgan fingerprint density at radius 3 is 2.21 bits per heavy atom. The van der Waals surface area contributed by atoms with Crippen LogP contribution >= 0.6 is 0 Å². The molecule has 1 unspecified atom stereocenters. The first-order valence-electron chi connectivity index (χ1n) is 20.2. The van der Waals surface area contributed by atoms with Crippen LogP contribution in [-0.2, 0) is 39.8 Å². The minimum atomic E-state index is -1.68. The summed E-state index contributed by atoms with van der Waals surface area (Å²) in [5.41, 5.74) is -0.887. The molecule has 56 heavy (non-hydrogen) atoms. The van der Waals surface area contributed by atoms with Crippen molar-refractivity contribution in [3.05, 3.63) is 48.3 Å². The zero-order valence-electron chi connectivity index (χ0n) is 35.2. The van der Waals surface area contributed by atoms with Gasteiger partial charge in [-0.05, 0) is 92.1 Å². The van der Waals surface area contributed by atoms with E-state index in [2.05, 4.69) is 15.3 Å². The normalized spacial score (nSPS) is 36.6. The number of aliphatic hydroxyl groups excluding tert-OH is 1. The third kappa shape index (κ3) is 10.5. The molecule has 1 aromatic heterocycles. The lowest BCUT2D eigenvalue weighted by Crippen LogP contribution is -2.62. The number of methoxy groups -OCH3 is 1. The number of rotatable bonds is 11. The van der Waals surface area contributed by atoms with Crippen LogP contribution in [0.15, 0.2) is 42.7 Å². The van der Waals surface area contributed by atoms with Crippen molar-refractivity contribution in [3.63, 3.8) is 0 Å². The Morgan fingerprint density at radius 1 is 0.982 bits per heavy atom. The van der Waals surface area contributed by atoms with Crippen molar-refractivity contribution in [1.82, 2.24) is 20.2 Å². The highest BCUT2D eigenvalue weighted by Crippen LogP contribution is 2.38. The van der Waals surface area contributed by atoms with E-state index in [9.17, 15) is 24.6 Å². The standard InChI is InChI=1S/C43H66N4O9/c1-12-33-43(8,52)37(44-20-13-15-30-16-18-31(19-17-30)39-45-21-14-22-46-39)27(4)34(48)25(2)24-42(7,53-11)38(28(5)35(49)29(6)40(51)55-33)56-41-36(50)32(47(9)10)23-26(3)54-41/h14,16-19,21-22,25-29,32-33,36-38,41,44,50,52H,12-13,15,20,23-24H2,1-11H3/t25-,26-,27+,28+,29-,32+,33-,36-,37-,38?,41+,42-,43-/m1/s1. The Kier molecular flexibility index (Phi) is 15.9. The van der Waals surface area contributed by atoms with Gasteiger partial charge in [0.15, 0.2) is 17.9 Å². The maximum Gasteiger partial charge on any atom is 0.316 e. The van der Waals surface area contributed by atoms with Crippen molar-refractivity contribution >= 4 is 17.5 Å². The molecule has 0 radical (unpaired) electrons. The summed E-state index contributed by atoms with van der Waals surface area (Å²) in [6.07, 6.45) is 1.40. The predicted molar refractivity (Wildman–Crippen MR) is 212 cm³/mol. The SMILES string of the molecule is CC[C@H]1OC(=O)[C@H](C)C(=O)[C@H](C)C(O[C@@H]2O[C@H](C)C[C@H](N(C)C)[C@H]2O)[C@](C)(OC)C[C@@H](C)C(=O)[C@H](C)[C@@H](NCCCc2ccc(-c3ncccn3)cc2)[C@]1(C)O. The molecule has 3 heterocycles. The zero-order chi connectivity index (χ0) is 41.5. The molecule has 312 valence electrons. The summed E-state index contributed by atoms with van der Waals surface area (Å²) in [7, 11) is 5.26. The van der Waals surface area contributed by atoms with Crippen LogP contribution in [0.2, 0.25) is 0 Å². The van der Waals surface area contributed by atoms with Crippen molar-refractivity contribution in [2.24, 2.45) is 23.7 Å². The van der Waals surface area contributed by atoms with E-state index in [0.717, 1.165) is 17.5 Å². The van der Waals surface area contributed by atoms with Gasteiger partial charge < -0.3 is 39.4 Å². The van der Waals surface area contributed by atoms with Crippen LogP contribution in [0.5, 0.6) is 0 Å². The lowest BCUT2D eigenvalue weighted by atomic mass is 9.73. The number of esters is 1. The number of aliphatic hydroxyl groups is 2. The number of carbonyl (C=O) groups is 3.